The lowest BCUT2D eigenvalue weighted by atomic mass is 10.0. The predicted octanol–water partition coefficient (Wildman–Crippen LogP) is 3.26. The monoisotopic (exact) mass is 480 g/mol. The molecule has 0 bridgehead atoms. The number of carbonyl (C=O) groups is 1. The standard InChI is InChI=1S/C28H28N6O2/c29-26(36)24-17-33(22-10-9-18-5-4-6-19(18)15-22)27-23(25(24)35)16-31-28(32-27)34(20-7-2-1-3-8-20)21-11-13-30-14-12-21/h1-3,7-10,15-17,21,30H,4-6,11-14H2,(H2,29,36). The van der Waals surface area contributed by atoms with Crippen LogP contribution in [-0.2, 0) is 12.8 Å². The molecule has 0 spiro atoms. The number of anilines is 2. The fourth-order valence-corrected chi connectivity index (χ4v) is 5.44. The number of rotatable bonds is 5. The second-order valence-corrected chi connectivity index (χ2v) is 9.51. The molecule has 182 valence electrons. The molecule has 8 heteroatoms. The first-order chi connectivity index (χ1) is 17.6. The van der Waals surface area contributed by atoms with E-state index in [2.05, 4.69) is 39.5 Å². The molecule has 1 aliphatic carbocycles. The zero-order valence-corrected chi connectivity index (χ0v) is 20.0. The number of nitrogens with zero attached hydrogens (tertiary/aromatic N) is 4. The van der Waals surface area contributed by atoms with E-state index < -0.39 is 11.3 Å². The molecule has 2 aliphatic rings. The van der Waals surface area contributed by atoms with Crippen molar-refractivity contribution in [2.24, 2.45) is 5.73 Å². The number of aromatic nitrogens is 3. The topological polar surface area (TPSA) is 106 Å². The van der Waals surface area contributed by atoms with Gasteiger partial charge in [0, 0.05) is 29.8 Å². The molecule has 2 aromatic carbocycles. The Balaban J connectivity index is 1.57. The zero-order chi connectivity index (χ0) is 24.6. The summed E-state index contributed by atoms with van der Waals surface area (Å²) in [6.45, 7) is 1.84. The van der Waals surface area contributed by atoms with E-state index in [1.165, 1.54) is 23.5 Å². The Bertz CT molecular complexity index is 1510. The third kappa shape index (κ3) is 3.93. The molecule has 1 fully saturated rings. The van der Waals surface area contributed by atoms with Crippen molar-refractivity contribution in [2.45, 2.75) is 38.1 Å². The van der Waals surface area contributed by atoms with Gasteiger partial charge in [0.2, 0.25) is 11.4 Å². The van der Waals surface area contributed by atoms with Crippen molar-refractivity contribution in [2.75, 3.05) is 18.0 Å². The van der Waals surface area contributed by atoms with E-state index in [4.69, 9.17) is 10.7 Å². The molecule has 0 atom stereocenters. The van der Waals surface area contributed by atoms with Gasteiger partial charge in [-0.05, 0) is 80.6 Å². The largest absolute Gasteiger partial charge is 0.365 e. The number of fused-ring (bicyclic) bond motifs is 2. The fraction of sp³-hybridized carbons (Fsp3) is 0.286. The molecular formula is C28H28N6O2. The van der Waals surface area contributed by atoms with Crippen molar-refractivity contribution in [1.29, 1.82) is 0 Å². The van der Waals surface area contributed by atoms with Crippen molar-refractivity contribution < 1.29 is 4.79 Å². The Morgan fingerprint density at radius 2 is 1.83 bits per heavy atom. The summed E-state index contributed by atoms with van der Waals surface area (Å²) in [4.78, 5) is 37.1. The highest BCUT2D eigenvalue weighted by atomic mass is 16.2. The Kier molecular flexibility index (Phi) is 5.73. The van der Waals surface area contributed by atoms with Gasteiger partial charge in [0.1, 0.15) is 5.56 Å². The molecule has 3 N–H and O–H groups in total. The van der Waals surface area contributed by atoms with Crippen LogP contribution in [0.5, 0.6) is 0 Å². The van der Waals surface area contributed by atoms with E-state index in [9.17, 15) is 9.59 Å². The van der Waals surface area contributed by atoms with E-state index in [0.29, 0.717) is 11.6 Å². The van der Waals surface area contributed by atoms with Gasteiger partial charge in [-0.15, -0.1) is 0 Å². The number of benzene rings is 2. The van der Waals surface area contributed by atoms with Crippen LogP contribution in [0, 0.1) is 0 Å². The minimum atomic E-state index is -0.762. The molecule has 1 saturated heterocycles. The average molecular weight is 481 g/mol. The first-order valence-electron chi connectivity index (χ1n) is 12.5. The molecule has 36 heavy (non-hydrogen) atoms. The third-order valence-corrected chi connectivity index (χ3v) is 7.28. The number of para-hydroxylation sites is 1. The number of pyridine rings is 1. The maximum absolute atomic E-state index is 13.2. The first-order valence-corrected chi connectivity index (χ1v) is 12.5. The lowest BCUT2D eigenvalue weighted by molar-refractivity contribution is 0.0999. The molecule has 6 rings (SSSR count). The number of carbonyl (C=O) groups excluding carboxylic acids is 1. The molecule has 4 aromatic rings. The highest BCUT2D eigenvalue weighted by Gasteiger charge is 2.26. The van der Waals surface area contributed by atoms with Crippen LogP contribution >= 0.6 is 0 Å². The number of nitrogens with two attached hydrogens (primary N) is 1. The number of primary amides is 1. The highest BCUT2D eigenvalue weighted by Crippen LogP contribution is 2.30. The minimum Gasteiger partial charge on any atom is -0.365 e. The smallest absolute Gasteiger partial charge is 0.254 e. The Hall–Kier alpha value is -4.04. The van der Waals surface area contributed by atoms with Crippen LogP contribution in [0.4, 0.5) is 11.6 Å². The summed E-state index contributed by atoms with van der Waals surface area (Å²) in [5, 5.41) is 3.69. The maximum Gasteiger partial charge on any atom is 0.254 e. The molecule has 8 nitrogen and oxygen atoms in total. The van der Waals surface area contributed by atoms with E-state index in [-0.39, 0.29) is 17.0 Å². The Morgan fingerprint density at radius 3 is 2.61 bits per heavy atom. The van der Waals surface area contributed by atoms with Crippen molar-refractivity contribution >= 4 is 28.6 Å². The number of nitrogens with one attached hydrogen (secondary N) is 1. The second-order valence-electron chi connectivity index (χ2n) is 9.51. The summed E-state index contributed by atoms with van der Waals surface area (Å²) in [6.07, 6.45) is 8.18. The molecule has 1 aliphatic heterocycles. The van der Waals surface area contributed by atoms with Gasteiger partial charge >= 0.3 is 0 Å². The Morgan fingerprint density at radius 1 is 1.06 bits per heavy atom. The van der Waals surface area contributed by atoms with Crippen molar-refractivity contribution in [3.8, 4) is 5.69 Å². The van der Waals surface area contributed by atoms with Gasteiger partial charge in [-0.25, -0.2) is 4.98 Å². The molecule has 1 amide bonds. The van der Waals surface area contributed by atoms with Gasteiger partial charge in [-0.2, -0.15) is 4.98 Å². The van der Waals surface area contributed by atoms with E-state index in [1.54, 1.807) is 0 Å². The molecule has 0 radical (unpaired) electrons. The van der Waals surface area contributed by atoms with Crippen LogP contribution in [0.3, 0.4) is 0 Å². The molecule has 0 saturated carbocycles. The van der Waals surface area contributed by atoms with E-state index in [0.717, 1.165) is 56.6 Å². The Labute approximate surface area is 208 Å². The SMILES string of the molecule is NC(=O)c1cn(-c2ccc3c(c2)CCC3)c2nc(N(c3ccccc3)C3CCNCC3)ncc2c1=O. The predicted molar refractivity (Wildman–Crippen MR) is 140 cm³/mol. The normalized spacial score (nSPS) is 15.7. The van der Waals surface area contributed by atoms with Gasteiger partial charge in [-0.3, -0.25) is 9.59 Å². The molecular weight excluding hydrogens is 452 g/mol. The maximum atomic E-state index is 13.2. The van der Waals surface area contributed by atoms with Crippen LogP contribution in [0.2, 0.25) is 0 Å². The number of hydrogen-bond donors (Lipinski definition) is 2. The molecule has 0 unspecified atom stereocenters. The summed E-state index contributed by atoms with van der Waals surface area (Å²) in [7, 11) is 0. The zero-order valence-electron chi connectivity index (χ0n) is 20.0. The minimum absolute atomic E-state index is 0.0716. The van der Waals surface area contributed by atoms with Crippen LogP contribution in [0.15, 0.2) is 65.7 Å². The average Bonchev–Trinajstić information content (AvgIpc) is 3.38. The summed E-state index contributed by atoms with van der Waals surface area (Å²) < 4.78 is 1.81. The second kappa shape index (κ2) is 9.20. The number of piperidine rings is 1. The van der Waals surface area contributed by atoms with E-state index in [1.807, 2.05) is 28.8 Å². The summed E-state index contributed by atoms with van der Waals surface area (Å²) in [5.74, 6) is -0.233. The van der Waals surface area contributed by atoms with Crippen LogP contribution < -0.4 is 21.4 Å². The van der Waals surface area contributed by atoms with Crippen molar-refractivity contribution in [3.63, 3.8) is 0 Å². The fourth-order valence-electron chi connectivity index (χ4n) is 5.44. The van der Waals surface area contributed by atoms with Crippen LogP contribution in [0.1, 0.15) is 40.7 Å². The number of hydrogen-bond acceptors (Lipinski definition) is 6. The van der Waals surface area contributed by atoms with Crippen molar-refractivity contribution in [3.05, 3.63) is 87.8 Å². The lowest BCUT2D eigenvalue weighted by Crippen LogP contribution is -2.41. The lowest BCUT2D eigenvalue weighted by Gasteiger charge is -2.34. The van der Waals surface area contributed by atoms with Gasteiger partial charge in [0.25, 0.3) is 5.91 Å². The summed E-state index contributed by atoms with van der Waals surface area (Å²) in [6, 6.07) is 16.6. The van der Waals surface area contributed by atoms with Crippen LogP contribution in [0.25, 0.3) is 16.7 Å². The molecule has 2 aromatic heterocycles. The number of amides is 1. The van der Waals surface area contributed by atoms with E-state index >= 15 is 0 Å². The number of aryl methyl sites for hydroxylation is 2. The van der Waals surface area contributed by atoms with Crippen molar-refractivity contribution in [1.82, 2.24) is 19.9 Å². The summed E-state index contributed by atoms with van der Waals surface area (Å²) in [5.41, 5.74) is 10.0. The van der Waals surface area contributed by atoms with Gasteiger partial charge < -0.3 is 20.5 Å². The third-order valence-electron chi connectivity index (χ3n) is 7.28. The van der Waals surface area contributed by atoms with Gasteiger partial charge in [0.05, 0.1) is 5.39 Å². The van der Waals surface area contributed by atoms with Gasteiger partial charge in [0.15, 0.2) is 5.65 Å². The first kappa shape index (κ1) is 22.4. The van der Waals surface area contributed by atoms with Gasteiger partial charge in [-0.1, -0.05) is 24.3 Å². The molecule has 3 heterocycles. The quantitative estimate of drug-likeness (QED) is 0.454. The highest BCUT2D eigenvalue weighted by molar-refractivity contribution is 5.96. The summed E-state index contributed by atoms with van der Waals surface area (Å²) >= 11 is 0. The van der Waals surface area contributed by atoms with Crippen LogP contribution in [-0.4, -0.2) is 39.6 Å².